The molecule has 0 N–H and O–H groups in total. The summed E-state index contributed by atoms with van der Waals surface area (Å²) in [7, 11) is 3.17. The van der Waals surface area contributed by atoms with Gasteiger partial charge in [-0.15, -0.1) is 0 Å². The zero-order chi connectivity index (χ0) is 14.3. The van der Waals surface area contributed by atoms with Crippen molar-refractivity contribution in [1.29, 1.82) is 0 Å². The van der Waals surface area contributed by atoms with Crippen LogP contribution in [0.3, 0.4) is 0 Å². The first-order valence-corrected chi connectivity index (χ1v) is 6.48. The predicted octanol–water partition coefficient (Wildman–Crippen LogP) is 2.32. The van der Waals surface area contributed by atoms with Crippen molar-refractivity contribution < 1.29 is 14.3 Å². The number of imide groups is 1. The fraction of sp³-hybridized carbons (Fsp3) is 0.250. The largest absolute Gasteiger partial charge is 0.497 e. The van der Waals surface area contributed by atoms with Crippen LogP contribution < -0.4 is 4.74 Å². The van der Waals surface area contributed by atoms with E-state index in [-0.39, 0.29) is 24.2 Å². The number of carbonyl (C=O) groups is 2. The summed E-state index contributed by atoms with van der Waals surface area (Å²) in [5, 5.41) is 2.09. The summed E-state index contributed by atoms with van der Waals surface area (Å²) in [6.07, 6.45) is 0.261. The van der Waals surface area contributed by atoms with Gasteiger partial charge in [0.2, 0.25) is 11.8 Å². The lowest BCUT2D eigenvalue weighted by atomic mass is 9.95. The van der Waals surface area contributed by atoms with Crippen LogP contribution in [-0.4, -0.2) is 30.9 Å². The SMILES string of the molecule is COc1ccc2cc([C@H]3CC(=O)N(C)C3=O)ccc2c1. The van der Waals surface area contributed by atoms with Crippen molar-refractivity contribution in [2.45, 2.75) is 12.3 Å². The van der Waals surface area contributed by atoms with Gasteiger partial charge < -0.3 is 4.74 Å². The summed E-state index contributed by atoms with van der Waals surface area (Å²) >= 11 is 0. The van der Waals surface area contributed by atoms with Crippen LogP contribution in [0, 0.1) is 0 Å². The lowest BCUT2D eigenvalue weighted by Crippen LogP contribution is -2.25. The van der Waals surface area contributed by atoms with Gasteiger partial charge in [0.25, 0.3) is 0 Å². The minimum atomic E-state index is -0.348. The molecule has 0 unspecified atom stereocenters. The topological polar surface area (TPSA) is 46.6 Å². The molecule has 1 aliphatic heterocycles. The van der Waals surface area contributed by atoms with Crippen molar-refractivity contribution in [1.82, 2.24) is 4.90 Å². The van der Waals surface area contributed by atoms with Crippen LogP contribution in [0.2, 0.25) is 0 Å². The van der Waals surface area contributed by atoms with Gasteiger partial charge in [0.1, 0.15) is 5.75 Å². The Kier molecular flexibility index (Phi) is 2.93. The van der Waals surface area contributed by atoms with Crippen molar-refractivity contribution in [3.63, 3.8) is 0 Å². The molecule has 1 saturated heterocycles. The highest BCUT2D eigenvalue weighted by atomic mass is 16.5. The van der Waals surface area contributed by atoms with Crippen molar-refractivity contribution in [3.05, 3.63) is 42.0 Å². The van der Waals surface area contributed by atoms with Crippen LogP contribution in [-0.2, 0) is 9.59 Å². The minimum absolute atomic E-state index is 0.116. The van der Waals surface area contributed by atoms with Crippen LogP contribution in [0.1, 0.15) is 17.9 Å². The fourth-order valence-corrected chi connectivity index (χ4v) is 2.60. The summed E-state index contributed by atoms with van der Waals surface area (Å²) in [4.78, 5) is 24.9. The Morgan fingerprint density at radius 3 is 2.45 bits per heavy atom. The molecule has 1 atom stereocenters. The Balaban J connectivity index is 2.01. The third-order valence-corrected chi connectivity index (χ3v) is 3.86. The molecule has 20 heavy (non-hydrogen) atoms. The molecule has 0 aromatic heterocycles. The Morgan fingerprint density at radius 1 is 1.10 bits per heavy atom. The molecule has 1 heterocycles. The maximum absolute atomic E-state index is 12.0. The highest BCUT2D eigenvalue weighted by Crippen LogP contribution is 2.31. The molecule has 0 spiro atoms. The molecular weight excluding hydrogens is 254 g/mol. The van der Waals surface area contributed by atoms with Crippen molar-refractivity contribution in [2.24, 2.45) is 0 Å². The molecule has 2 aromatic carbocycles. The van der Waals surface area contributed by atoms with E-state index in [2.05, 4.69) is 0 Å². The molecule has 3 rings (SSSR count). The molecule has 4 nitrogen and oxygen atoms in total. The molecule has 0 radical (unpaired) electrons. The van der Waals surface area contributed by atoms with Gasteiger partial charge in [0, 0.05) is 13.5 Å². The number of methoxy groups -OCH3 is 1. The van der Waals surface area contributed by atoms with E-state index < -0.39 is 0 Å². The number of likely N-dealkylation sites (tertiary alicyclic amines) is 1. The zero-order valence-electron chi connectivity index (χ0n) is 11.4. The van der Waals surface area contributed by atoms with Crippen LogP contribution in [0.4, 0.5) is 0 Å². The number of nitrogens with zero attached hydrogens (tertiary/aromatic N) is 1. The number of amides is 2. The highest BCUT2D eigenvalue weighted by Gasteiger charge is 2.36. The maximum atomic E-state index is 12.0. The number of benzene rings is 2. The Morgan fingerprint density at radius 2 is 1.80 bits per heavy atom. The summed E-state index contributed by atoms with van der Waals surface area (Å²) in [5.41, 5.74) is 0.894. The number of ether oxygens (including phenoxy) is 1. The molecule has 4 heteroatoms. The monoisotopic (exact) mass is 269 g/mol. The van der Waals surface area contributed by atoms with Crippen LogP contribution in [0.5, 0.6) is 5.75 Å². The zero-order valence-corrected chi connectivity index (χ0v) is 11.4. The lowest BCUT2D eigenvalue weighted by Gasteiger charge is -2.10. The minimum Gasteiger partial charge on any atom is -0.497 e. The van der Waals surface area contributed by atoms with Gasteiger partial charge in [-0.3, -0.25) is 14.5 Å². The molecule has 2 aromatic rings. The molecule has 1 fully saturated rings. The number of hydrogen-bond donors (Lipinski definition) is 0. The van der Waals surface area contributed by atoms with Crippen LogP contribution >= 0.6 is 0 Å². The number of hydrogen-bond acceptors (Lipinski definition) is 3. The Hall–Kier alpha value is -2.36. The van der Waals surface area contributed by atoms with Crippen LogP contribution in [0.25, 0.3) is 10.8 Å². The summed E-state index contributed by atoms with van der Waals surface area (Å²) in [5.74, 6) is 0.216. The number of likely N-dealkylation sites (N-methyl/N-ethyl adjacent to an activating group) is 1. The van der Waals surface area contributed by atoms with Gasteiger partial charge in [-0.2, -0.15) is 0 Å². The highest BCUT2D eigenvalue weighted by molar-refractivity contribution is 6.06. The van der Waals surface area contributed by atoms with E-state index in [0.29, 0.717) is 0 Å². The van der Waals surface area contributed by atoms with Crippen molar-refractivity contribution in [2.75, 3.05) is 14.2 Å². The van der Waals surface area contributed by atoms with E-state index in [1.165, 1.54) is 11.9 Å². The molecule has 0 aliphatic carbocycles. The second-order valence-electron chi connectivity index (χ2n) is 5.02. The first-order valence-electron chi connectivity index (χ1n) is 6.48. The quantitative estimate of drug-likeness (QED) is 0.786. The van der Waals surface area contributed by atoms with E-state index >= 15 is 0 Å². The summed E-state index contributed by atoms with van der Waals surface area (Å²) in [6, 6.07) is 11.7. The maximum Gasteiger partial charge on any atom is 0.236 e. The van der Waals surface area contributed by atoms with Gasteiger partial charge in [0.05, 0.1) is 13.0 Å². The van der Waals surface area contributed by atoms with Gasteiger partial charge in [-0.1, -0.05) is 24.3 Å². The molecule has 1 aliphatic rings. The third kappa shape index (κ3) is 1.93. The second kappa shape index (κ2) is 4.63. The second-order valence-corrected chi connectivity index (χ2v) is 5.02. The third-order valence-electron chi connectivity index (χ3n) is 3.86. The lowest BCUT2D eigenvalue weighted by molar-refractivity contribution is -0.137. The standard InChI is InChI=1S/C16H15NO3/c1-17-15(18)9-14(16(17)19)12-4-3-11-8-13(20-2)6-5-10(11)7-12/h3-8,14H,9H2,1-2H3/t14-/m1/s1. The Labute approximate surface area is 116 Å². The molecule has 0 bridgehead atoms. The van der Waals surface area contributed by atoms with E-state index in [1.54, 1.807) is 7.11 Å². The average molecular weight is 269 g/mol. The van der Waals surface area contributed by atoms with E-state index in [4.69, 9.17) is 4.74 Å². The van der Waals surface area contributed by atoms with Crippen molar-refractivity contribution >= 4 is 22.6 Å². The first-order chi connectivity index (χ1) is 9.60. The van der Waals surface area contributed by atoms with Gasteiger partial charge in [0.15, 0.2) is 0 Å². The number of fused-ring (bicyclic) bond motifs is 1. The molecular formula is C16H15NO3. The number of rotatable bonds is 2. The van der Waals surface area contributed by atoms with Crippen LogP contribution in [0.15, 0.2) is 36.4 Å². The number of carbonyl (C=O) groups excluding carboxylic acids is 2. The molecule has 2 amide bonds. The smallest absolute Gasteiger partial charge is 0.236 e. The normalized spacial score (nSPS) is 18.9. The van der Waals surface area contributed by atoms with E-state index in [0.717, 1.165) is 22.1 Å². The average Bonchev–Trinajstić information content (AvgIpc) is 2.74. The molecule has 0 saturated carbocycles. The Bertz CT molecular complexity index is 708. The van der Waals surface area contributed by atoms with Gasteiger partial charge in [-0.05, 0) is 28.5 Å². The summed E-state index contributed by atoms with van der Waals surface area (Å²) < 4.78 is 5.19. The van der Waals surface area contributed by atoms with E-state index in [9.17, 15) is 9.59 Å². The fourth-order valence-electron chi connectivity index (χ4n) is 2.60. The molecule has 102 valence electrons. The van der Waals surface area contributed by atoms with Crippen molar-refractivity contribution in [3.8, 4) is 5.75 Å². The first kappa shape index (κ1) is 12.7. The van der Waals surface area contributed by atoms with Gasteiger partial charge >= 0.3 is 0 Å². The van der Waals surface area contributed by atoms with Gasteiger partial charge in [-0.25, -0.2) is 0 Å². The predicted molar refractivity (Wildman–Crippen MR) is 75.6 cm³/mol. The summed E-state index contributed by atoms with van der Waals surface area (Å²) in [6.45, 7) is 0. The van der Waals surface area contributed by atoms with E-state index in [1.807, 2.05) is 36.4 Å².